The van der Waals surface area contributed by atoms with E-state index in [1.165, 1.54) is 27.7 Å². The summed E-state index contributed by atoms with van der Waals surface area (Å²) in [6, 6.07) is 3.87. The number of fused-ring (bicyclic) bond motifs is 1. The first-order valence-corrected chi connectivity index (χ1v) is 13.0. The van der Waals surface area contributed by atoms with Gasteiger partial charge in [-0.2, -0.15) is 0 Å². The molecule has 8 heteroatoms. The van der Waals surface area contributed by atoms with Gasteiger partial charge in [-0.25, -0.2) is 9.80 Å². The fourth-order valence-electron chi connectivity index (χ4n) is 4.21. The summed E-state index contributed by atoms with van der Waals surface area (Å²) in [5.74, 6) is 0.281. The number of thiol groups is 1. The van der Waals surface area contributed by atoms with Crippen molar-refractivity contribution < 1.29 is 14.6 Å². The molecule has 2 heterocycles. The maximum atomic E-state index is 12.1. The molecule has 190 valence electrons. The van der Waals surface area contributed by atoms with Crippen LogP contribution in [-0.2, 0) is 22.9 Å². The molecule has 7 nitrogen and oxygen atoms in total. The van der Waals surface area contributed by atoms with Crippen LogP contribution in [0.3, 0.4) is 0 Å². The van der Waals surface area contributed by atoms with Crippen molar-refractivity contribution in [3.63, 3.8) is 0 Å². The molecule has 0 bridgehead atoms. The number of aromatic amines is 1. The monoisotopic (exact) mass is 491 g/mol. The third-order valence-electron chi connectivity index (χ3n) is 5.41. The first kappa shape index (κ1) is 26.5. The zero-order valence-corrected chi connectivity index (χ0v) is 23.2. The standard InChI is InChI=1S/C26H42N4O3S/c1-24(2,3)16-18-17-10-11-19(31)21(20(17)27-22(18)34-26(7,8)9)29-12-14-30(15-13-29)28-23(32)33-25(4,5)6/h10-11,27,31H,12-16H2,1-9H3,(H,28,32)/p+1. The van der Waals surface area contributed by atoms with Crippen LogP contribution in [0.4, 0.5) is 10.5 Å². The number of nitrogens with zero attached hydrogens (tertiary/aromatic N) is 2. The van der Waals surface area contributed by atoms with Gasteiger partial charge in [-0.15, -0.1) is 0 Å². The lowest BCUT2D eigenvalue weighted by Crippen LogP contribution is -2.54. The Balaban J connectivity index is 1.88. The number of hydrogen-bond acceptors (Lipinski definition) is 5. The Hall–Kier alpha value is -2.06. The molecule has 1 aromatic carbocycles. The van der Waals surface area contributed by atoms with Crippen molar-refractivity contribution in [2.45, 2.75) is 84.1 Å². The van der Waals surface area contributed by atoms with Crippen LogP contribution in [0.1, 0.15) is 67.9 Å². The lowest BCUT2D eigenvalue weighted by atomic mass is 9.88. The molecule has 2 aromatic rings. The van der Waals surface area contributed by atoms with Gasteiger partial charge in [0, 0.05) is 48.9 Å². The van der Waals surface area contributed by atoms with Crippen molar-refractivity contribution in [2.75, 3.05) is 31.1 Å². The van der Waals surface area contributed by atoms with Crippen LogP contribution in [-0.4, -0.2) is 57.7 Å². The molecule has 1 aliphatic rings. The highest BCUT2D eigenvalue weighted by Crippen LogP contribution is 2.41. The van der Waals surface area contributed by atoms with E-state index in [1.54, 1.807) is 0 Å². The summed E-state index contributed by atoms with van der Waals surface area (Å²) in [6.07, 6.45) is 0.524. The summed E-state index contributed by atoms with van der Waals surface area (Å²) < 4.78 is 5.49. The molecule has 0 unspecified atom stereocenters. The number of ether oxygens (including phenoxy) is 1. The molecular weight excluding hydrogens is 448 g/mol. The number of phenols is 1. The third-order valence-corrected chi connectivity index (χ3v) is 6.69. The molecule has 3 N–H and O–H groups in total. The first-order valence-electron chi connectivity index (χ1n) is 12.1. The average Bonchev–Trinajstić information content (AvgIpc) is 2.94. The summed E-state index contributed by atoms with van der Waals surface area (Å²) >= 11 is 1.24. The number of rotatable bonds is 4. The Morgan fingerprint density at radius 2 is 1.68 bits per heavy atom. The average molecular weight is 492 g/mol. The second kappa shape index (κ2) is 9.53. The van der Waals surface area contributed by atoms with E-state index in [9.17, 15) is 9.90 Å². The van der Waals surface area contributed by atoms with Gasteiger partial charge in [-0.3, -0.25) is 5.43 Å². The fourth-order valence-corrected chi connectivity index (χ4v) is 5.38. The minimum absolute atomic E-state index is 0.120. The Morgan fingerprint density at radius 1 is 1.06 bits per heavy atom. The predicted molar refractivity (Wildman–Crippen MR) is 143 cm³/mol. The van der Waals surface area contributed by atoms with Gasteiger partial charge in [0.25, 0.3) is 0 Å². The number of phenolic OH excluding ortho intramolecular Hbond substituents is 1. The van der Waals surface area contributed by atoms with E-state index in [4.69, 9.17) is 4.74 Å². The molecule has 1 aliphatic heterocycles. The highest BCUT2D eigenvalue weighted by Gasteiger charge is 2.32. The summed E-state index contributed by atoms with van der Waals surface area (Å²) in [4.78, 5) is 18.1. The van der Waals surface area contributed by atoms with E-state index in [1.807, 2.05) is 37.9 Å². The van der Waals surface area contributed by atoms with E-state index in [-0.39, 0.29) is 15.9 Å². The Labute approximate surface area is 208 Å². The lowest BCUT2D eigenvalue weighted by molar-refractivity contribution is 0.0320. The largest absolute Gasteiger partial charge is 0.506 e. The maximum absolute atomic E-state index is 12.1. The topological polar surface area (TPSA) is 80.8 Å². The van der Waals surface area contributed by atoms with E-state index in [2.05, 4.69) is 56.9 Å². The summed E-state index contributed by atoms with van der Waals surface area (Å²) in [5, 5.41) is 15.2. The van der Waals surface area contributed by atoms with Gasteiger partial charge in [0.1, 0.15) is 21.8 Å². The van der Waals surface area contributed by atoms with Gasteiger partial charge in [0.15, 0.2) is 0 Å². The van der Waals surface area contributed by atoms with Crippen LogP contribution in [0.15, 0.2) is 17.2 Å². The zero-order valence-electron chi connectivity index (χ0n) is 22.3. The molecule has 34 heavy (non-hydrogen) atoms. The van der Waals surface area contributed by atoms with Crippen molar-refractivity contribution in [3.8, 4) is 5.75 Å². The second-order valence-electron chi connectivity index (χ2n) is 12.4. The molecule has 1 fully saturated rings. The van der Waals surface area contributed by atoms with Crippen molar-refractivity contribution in [1.82, 2.24) is 15.4 Å². The van der Waals surface area contributed by atoms with Crippen molar-refractivity contribution >= 4 is 34.4 Å². The summed E-state index contributed by atoms with van der Waals surface area (Å²) in [6.45, 7) is 21.7. The summed E-state index contributed by atoms with van der Waals surface area (Å²) in [7, 11) is 0. The molecule has 3 rings (SSSR count). The molecule has 1 aromatic heterocycles. The van der Waals surface area contributed by atoms with Gasteiger partial charge in [-0.05, 0) is 65.5 Å². The molecule has 0 atom stereocenters. The maximum Gasteiger partial charge on any atom is 0.422 e. The number of aromatic nitrogens is 1. The van der Waals surface area contributed by atoms with E-state index in [0.29, 0.717) is 26.2 Å². The van der Waals surface area contributed by atoms with E-state index < -0.39 is 11.7 Å². The van der Waals surface area contributed by atoms with Crippen molar-refractivity contribution in [3.05, 3.63) is 17.7 Å². The molecule has 0 spiro atoms. The quantitative estimate of drug-likeness (QED) is 0.414. The fraction of sp³-hybridized carbons (Fsp3) is 0.654. The molecule has 0 radical (unpaired) electrons. The van der Waals surface area contributed by atoms with Crippen molar-refractivity contribution in [1.29, 1.82) is 0 Å². The number of aromatic hydroxyl groups is 1. The number of benzene rings is 1. The number of hydrogen-bond donors (Lipinski definition) is 3. The lowest BCUT2D eigenvalue weighted by Gasteiger charge is -2.36. The van der Waals surface area contributed by atoms with Crippen LogP contribution in [0.5, 0.6) is 5.75 Å². The molecule has 1 saturated heterocycles. The van der Waals surface area contributed by atoms with Crippen LogP contribution in [0.2, 0.25) is 0 Å². The minimum atomic E-state index is -0.532. The highest BCUT2D eigenvalue weighted by atomic mass is 32.2. The van der Waals surface area contributed by atoms with Crippen LogP contribution in [0, 0.1) is 5.41 Å². The van der Waals surface area contributed by atoms with Crippen LogP contribution >= 0.6 is 0 Å². The highest BCUT2D eigenvalue weighted by molar-refractivity contribution is 7.80. The van der Waals surface area contributed by atoms with Crippen LogP contribution in [0.25, 0.3) is 10.9 Å². The Morgan fingerprint density at radius 3 is 2.21 bits per heavy atom. The van der Waals surface area contributed by atoms with Gasteiger partial charge in [-0.1, -0.05) is 20.8 Å². The predicted octanol–water partition coefficient (Wildman–Crippen LogP) is 5.00. The Kier molecular flexibility index (Phi) is 7.44. The van der Waals surface area contributed by atoms with Crippen LogP contribution < -0.4 is 10.3 Å². The van der Waals surface area contributed by atoms with E-state index >= 15 is 0 Å². The number of anilines is 1. The number of nitrogens with one attached hydrogen (secondary N) is 2. The number of amides is 1. The number of H-pyrrole nitrogens is 1. The molecule has 0 saturated carbocycles. The van der Waals surface area contributed by atoms with Gasteiger partial charge in [0.05, 0.1) is 5.52 Å². The number of hydrazine groups is 1. The summed E-state index contributed by atoms with van der Waals surface area (Å²) in [5.41, 5.74) is 5.64. The normalized spacial score (nSPS) is 16.2. The molecular formula is C26H43N4O3S+. The van der Waals surface area contributed by atoms with Gasteiger partial charge >= 0.3 is 6.09 Å². The SMILES string of the molecule is CC(C)(C)Cc1c([SH+]C(C)(C)C)[nH]c2c(N3CCN(NC(=O)OC(C)(C)C)CC3)c(O)ccc12. The van der Waals surface area contributed by atoms with Crippen molar-refractivity contribution in [2.24, 2.45) is 5.41 Å². The Bertz CT molecular complexity index is 1020. The third kappa shape index (κ3) is 6.98. The van der Waals surface area contributed by atoms with Gasteiger partial charge < -0.3 is 19.7 Å². The smallest absolute Gasteiger partial charge is 0.422 e. The molecule has 0 aliphatic carbocycles. The number of carbonyl (C=O) groups excluding carboxylic acids is 1. The van der Waals surface area contributed by atoms with E-state index in [0.717, 1.165) is 17.6 Å². The number of carbonyl (C=O) groups is 1. The second-order valence-corrected chi connectivity index (χ2v) is 14.4. The zero-order chi connectivity index (χ0) is 25.5. The first-order chi connectivity index (χ1) is 15.5. The van der Waals surface area contributed by atoms with Gasteiger partial charge in [0.2, 0.25) is 5.03 Å². The molecule has 1 amide bonds. The minimum Gasteiger partial charge on any atom is -0.506 e. The number of piperazine rings is 1.